The van der Waals surface area contributed by atoms with Gasteiger partial charge in [0.25, 0.3) is 5.91 Å². The Kier molecular flexibility index (Phi) is 4.91. The van der Waals surface area contributed by atoms with E-state index in [1.54, 1.807) is 7.11 Å². The highest BCUT2D eigenvalue weighted by atomic mass is 16.5. The number of benzene rings is 1. The highest BCUT2D eigenvalue weighted by Crippen LogP contribution is 2.24. The summed E-state index contributed by atoms with van der Waals surface area (Å²) >= 11 is 0. The molecule has 1 atom stereocenters. The van der Waals surface area contributed by atoms with E-state index in [1.807, 2.05) is 39.0 Å². The summed E-state index contributed by atoms with van der Waals surface area (Å²) in [5.41, 5.74) is 2.38. The summed E-state index contributed by atoms with van der Waals surface area (Å²) in [6.07, 6.45) is 1.54. The first kappa shape index (κ1) is 14.7. The molecule has 0 bridgehead atoms. The molecule has 0 spiro atoms. The second-order valence-electron chi connectivity index (χ2n) is 4.71. The number of carbonyl (C=O) groups excluding carboxylic acids is 1. The monoisotopic (exact) mass is 249 g/mol. The molecule has 0 aliphatic heterocycles. The fourth-order valence-electron chi connectivity index (χ4n) is 1.85. The molecule has 3 heteroatoms. The highest BCUT2D eigenvalue weighted by Gasteiger charge is 2.31. The molecule has 100 valence electrons. The quantitative estimate of drug-likeness (QED) is 0.869. The first-order valence-corrected chi connectivity index (χ1v) is 6.43. The summed E-state index contributed by atoms with van der Waals surface area (Å²) in [5.74, 6) is -0.0866. The Morgan fingerprint density at radius 3 is 2.56 bits per heavy atom. The van der Waals surface area contributed by atoms with Gasteiger partial charge in [-0.15, -0.1) is 0 Å². The first-order chi connectivity index (χ1) is 8.48. The number of rotatable bonds is 5. The predicted octanol–water partition coefficient (Wildman–Crippen LogP) is 3.31. The largest absolute Gasteiger partial charge is 0.369 e. The molecule has 0 radical (unpaired) electrons. The number of hydrogen-bond acceptors (Lipinski definition) is 2. The predicted molar refractivity (Wildman–Crippen MR) is 74.9 cm³/mol. The van der Waals surface area contributed by atoms with E-state index in [4.69, 9.17) is 4.74 Å². The van der Waals surface area contributed by atoms with Gasteiger partial charge in [-0.05, 0) is 37.8 Å². The maximum Gasteiger partial charge on any atom is 0.256 e. The van der Waals surface area contributed by atoms with Gasteiger partial charge in [0.05, 0.1) is 0 Å². The van der Waals surface area contributed by atoms with Gasteiger partial charge >= 0.3 is 0 Å². The third-order valence-electron chi connectivity index (χ3n) is 3.58. The summed E-state index contributed by atoms with van der Waals surface area (Å²) in [6.45, 7) is 7.85. The Bertz CT molecular complexity index is 423. The van der Waals surface area contributed by atoms with E-state index in [1.165, 1.54) is 0 Å². The Hall–Kier alpha value is -1.35. The molecule has 1 amide bonds. The molecule has 0 saturated heterocycles. The van der Waals surface area contributed by atoms with Crippen LogP contribution in [0.25, 0.3) is 0 Å². The maximum atomic E-state index is 12.3. The normalized spacial score (nSPS) is 14.1. The van der Waals surface area contributed by atoms with Crippen LogP contribution in [0.15, 0.2) is 18.2 Å². The van der Waals surface area contributed by atoms with E-state index in [-0.39, 0.29) is 5.91 Å². The molecule has 0 aliphatic carbocycles. The van der Waals surface area contributed by atoms with Crippen LogP contribution in [0.4, 0.5) is 5.69 Å². The third kappa shape index (κ3) is 2.91. The molecule has 0 saturated carbocycles. The van der Waals surface area contributed by atoms with E-state index < -0.39 is 5.60 Å². The standard InChI is InChI=1S/C15H23NO2/c1-6-12-10-8-9-11(3)13(12)16-14(17)15(4,7-2)18-5/h8-10H,6-7H2,1-5H3,(H,16,17). The Morgan fingerprint density at radius 1 is 1.39 bits per heavy atom. The third-order valence-corrected chi connectivity index (χ3v) is 3.58. The van der Waals surface area contributed by atoms with Gasteiger partial charge in [0.15, 0.2) is 0 Å². The van der Waals surface area contributed by atoms with Crippen molar-refractivity contribution in [3.05, 3.63) is 29.3 Å². The number of methoxy groups -OCH3 is 1. The summed E-state index contributed by atoms with van der Waals surface area (Å²) in [5, 5.41) is 3.01. The van der Waals surface area contributed by atoms with Crippen LogP contribution in [-0.4, -0.2) is 18.6 Å². The van der Waals surface area contributed by atoms with Crippen molar-refractivity contribution in [1.29, 1.82) is 0 Å². The fourth-order valence-corrected chi connectivity index (χ4v) is 1.85. The van der Waals surface area contributed by atoms with Crippen LogP contribution in [0.2, 0.25) is 0 Å². The lowest BCUT2D eigenvalue weighted by Gasteiger charge is -2.26. The minimum Gasteiger partial charge on any atom is -0.369 e. The van der Waals surface area contributed by atoms with E-state index >= 15 is 0 Å². The fraction of sp³-hybridized carbons (Fsp3) is 0.533. The van der Waals surface area contributed by atoms with Gasteiger partial charge in [0, 0.05) is 12.8 Å². The van der Waals surface area contributed by atoms with Crippen molar-refractivity contribution in [2.75, 3.05) is 12.4 Å². The number of amides is 1. The lowest BCUT2D eigenvalue weighted by atomic mass is 10.0. The molecule has 3 nitrogen and oxygen atoms in total. The van der Waals surface area contributed by atoms with E-state index in [0.29, 0.717) is 6.42 Å². The summed E-state index contributed by atoms with van der Waals surface area (Å²) in [4.78, 5) is 12.3. The number of carbonyl (C=O) groups is 1. The van der Waals surface area contributed by atoms with Gasteiger partial charge in [-0.2, -0.15) is 0 Å². The van der Waals surface area contributed by atoms with Crippen LogP contribution in [0.1, 0.15) is 38.3 Å². The van der Waals surface area contributed by atoms with Gasteiger partial charge in [0.1, 0.15) is 5.60 Å². The van der Waals surface area contributed by atoms with Gasteiger partial charge in [0.2, 0.25) is 0 Å². The zero-order valence-electron chi connectivity index (χ0n) is 12.0. The second kappa shape index (κ2) is 6.01. The molecule has 1 N–H and O–H groups in total. The highest BCUT2D eigenvalue weighted by molar-refractivity contribution is 5.98. The molecule has 1 rings (SSSR count). The number of anilines is 1. The number of para-hydroxylation sites is 1. The van der Waals surface area contributed by atoms with Crippen molar-refractivity contribution in [1.82, 2.24) is 0 Å². The molecule has 1 aromatic carbocycles. The minimum atomic E-state index is -0.771. The van der Waals surface area contributed by atoms with Crippen molar-refractivity contribution < 1.29 is 9.53 Å². The molecule has 0 aromatic heterocycles. The van der Waals surface area contributed by atoms with Crippen LogP contribution >= 0.6 is 0 Å². The summed E-state index contributed by atoms with van der Waals surface area (Å²) in [6, 6.07) is 6.06. The van der Waals surface area contributed by atoms with Crippen LogP contribution in [0.5, 0.6) is 0 Å². The number of hydrogen-bond donors (Lipinski definition) is 1. The van der Waals surface area contributed by atoms with Crippen molar-refractivity contribution in [2.45, 2.75) is 46.1 Å². The molecule has 0 aliphatic rings. The SMILES string of the molecule is CCc1cccc(C)c1NC(=O)C(C)(CC)OC. The van der Waals surface area contributed by atoms with Crippen LogP contribution < -0.4 is 5.32 Å². The van der Waals surface area contributed by atoms with Crippen molar-refractivity contribution in [3.63, 3.8) is 0 Å². The number of ether oxygens (including phenoxy) is 1. The average Bonchev–Trinajstić information content (AvgIpc) is 2.39. The Balaban J connectivity index is 3.01. The second-order valence-corrected chi connectivity index (χ2v) is 4.71. The zero-order valence-corrected chi connectivity index (χ0v) is 12.0. The lowest BCUT2D eigenvalue weighted by Crippen LogP contribution is -2.41. The smallest absolute Gasteiger partial charge is 0.256 e. The number of nitrogens with one attached hydrogen (secondary N) is 1. The molecular weight excluding hydrogens is 226 g/mol. The molecule has 0 fully saturated rings. The summed E-state index contributed by atoms with van der Waals surface area (Å²) < 4.78 is 5.32. The van der Waals surface area contributed by atoms with Crippen molar-refractivity contribution >= 4 is 11.6 Å². The van der Waals surface area contributed by atoms with Gasteiger partial charge in [-0.3, -0.25) is 4.79 Å². The first-order valence-electron chi connectivity index (χ1n) is 6.43. The Labute approximate surface area is 110 Å². The molecule has 18 heavy (non-hydrogen) atoms. The molecule has 1 aromatic rings. The van der Waals surface area contributed by atoms with Gasteiger partial charge < -0.3 is 10.1 Å². The van der Waals surface area contributed by atoms with E-state index in [9.17, 15) is 4.79 Å². The average molecular weight is 249 g/mol. The van der Waals surface area contributed by atoms with Crippen LogP contribution in [0, 0.1) is 6.92 Å². The van der Waals surface area contributed by atoms with Crippen molar-refractivity contribution in [2.24, 2.45) is 0 Å². The van der Waals surface area contributed by atoms with Crippen molar-refractivity contribution in [3.8, 4) is 0 Å². The molecular formula is C15H23NO2. The van der Waals surface area contributed by atoms with Gasteiger partial charge in [-0.25, -0.2) is 0 Å². The van der Waals surface area contributed by atoms with E-state index in [0.717, 1.165) is 23.2 Å². The minimum absolute atomic E-state index is 0.0866. The zero-order chi connectivity index (χ0) is 13.8. The lowest BCUT2D eigenvalue weighted by molar-refractivity contribution is -0.136. The maximum absolute atomic E-state index is 12.3. The van der Waals surface area contributed by atoms with Gasteiger partial charge in [-0.1, -0.05) is 32.0 Å². The Morgan fingerprint density at radius 2 is 2.06 bits per heavy atom. The number of aryl methyl sites for hydroxylation is 2. The van der Waals surface area contributed by atoms with Crippen LogP contribution in [0.3, 0.4) is 0 Å². The van der Waals surface area contributed by atoms with Crippen LogP contribution in [-0.2, 0) is 16.0 Å². The molecule has 0 heterocycles. The summed E-state index contributed by atoms with van der Waals surface area (Å²) in [7, 11) is 1.57. The van der Waals surface area contributed by atoms with E-state index in [2.05, 4.69) is 12.2 Å². The topological polar surface area (TPSA) is 38.3 Å². The molecule has 1 unspecified atom stereocenters.